The van der Waals surface area contributed by atoms with E-state index in [-0.39, 0.29) is 23.2 Å². The molecule has 0 aliphatic rings. The van der Waals surface area contributed by atoms with Crippen LogP contribution in [0.5, 0.6) is 0 Å². The van der Waals surface area contributed by atoms with Crippen LogP contribution in [0.25, 0.3) is 0 Å². The van der Waals surface area contributed by atoms with Crippen molar-refractivity contribution in [3.8, 4) is 0 Å². The summed E-state index contributed by atoms with van der Waals surface area (Å²) in [4.78, 5) is 29.7. The number of rotatable bonds is 7. The fraction of sp³-hybridized carbons (Fsp3) is 0.286. The van der Waals surface area contributed by atoms with Crippen molar-refractivity contribution in [1.82, 2.24) is 15.0 Å². The predicted molar refractivity (Wildman–Crippen MR) is 111 cm³/mol. The molecule has 0 bridgehead atoms. The third kappa shape index (κ3) is 4.45. The summed E-state index contributed by atoms with van der Waals surface area (Å²) in [5, 5.41) is 18.6. The molecule has 0 aliphatic heterocycles. The molecule has 1 amide bonds. The maximum Gasteiger partial charge on any atom is 0.293 e. The average Bonchev–Trinajstić information content (AvgIpc) is 3.05. The number of aryl methyl sites for hydroxylation is 2. The lowest BCUT2D eigenvalue weighted by Gasteiger charge is -2.18. The number of benzene rings is 1. The molecule has 0 fully saturated rings. The summed E-state index contributed by atoms with van der Waals surface area (Å²) in [5.74, 6) is 0.309. The summed E-state index contributed by atoms with van der Waals surface area (Å²) in [7, 11) is 1.63. The normalized spacial score (nSPS) is 11.7. The van der Waals surface area contributed by atoms with Crippen molar-refractivity contribution in [2.75, 3.05) is 12.4 Å². The lowest BCUT2D eigenvalue weighted by atomic mass is 10.1. The summed E-state index contributed by atoms with van der Waals surface area (Å²) in [5.41, 5.74) is 2.67. The molecule has 9 nitrogen and oxygen atoms in total. The highest BCUT2D eigenvalue weighted by Crippen LogP contribution is 2.29. The molecule has 0 aliphatic carbocycles. The van der Waals surface area contributed by atoms with Gasteiger partial charge in [0.25, 0.3) is 11.6 Å². The molecular formula is C21H23N5O4. The Balaban J connectivity index is 1.82. The van der Waals surface area contributed by atoms with Gasteiger partial charge in [-0.15, -0.1) is 0 Å². The molecule has 0 saturated heterocycles. The highest BCUT2D eigenvalue weighted by atomic mass is 16.6. The van der Waals surface area contributed by atoms with E-state index in [2.05, 4.69) is 15.5 Å². The summed E-state index contributed by atoms with van der Waals surface area (Å²) >= 11 is 0. The zero-order chi connectivity index (χ0) is 21.8. The maximum atomic E-state index is 12.8. The fourth-order valence-corrected chi connectivity index (χ4v) is 3.13. The first-order valence-corrected chi connectivity index (χ1v) is 9.41. The number of nitro groups is 1. The van der Waals surface area contributed by atoms with Crippen molar-refractivity contribution in [3.63, 3.8) is 0 Å². The van der Waals surface area contributed by atoms with Crippen LogP contribution >= 0.6 is 0 Å². The van der Waals surface area contributed by atoms with Gasteiger partial charge >= 0.3 is 0 Å². The topological polar surface area (TPSA) is 114 Å². The molecular weight excluding hydrogens is 386 g/mol. The molecule has 3 aromatic rings. The molecule has 30 heavy (non-hydrogen) atoms. The third-order valence-corrected chi connectivity index (χ3v) is 4.87. The van der Waals surface area contributed by atoms with Crippen LogP contribution in [0, 0.1) is 24.0 Å². The van der Waals surface area contributed by atoms with Gasteiger partial charge in [-0.05, 0) is 45.0 Å². The predicted octanol–water partition coefficient (Wildman–Crippen LogP) is 4.04. The Kier molecular flexibility index (Phi) is 6.10. The Labute approximate surface area is 173 Å². The van der Waals surface area contributed by atoms with E-state index in [0.717, 1.165) is 11.3 Å². The van der Waals surface area contributed by atoms with Crippen molar-refractivity contribution in [1.29, 1.82) is 0 Å². The van der Waals surface area contributed by atoms with E-state index in [9.17, 15) is 14.9 Å². The lowest BCUT2D eigenvalue weighted by Crippen LogP contribution is -2.26. The van der Waals surface area contributed by atoms with E-state index >= 15 is 0 Å². The molecule has 9 heteroatoms. The summed E-state index contributed by atoms with van der Waals surface area (Å²) in [6, 6.07) is 9.67. The number of pyridine rings is 1. The molecule has 2 aromatic heterocycles. The van der Waals surface area contributed by atoms with Crippen LogP contribution in [0.1, 0.15) is 46.0 Å². The van der Waals surface area contributed by atoms with E-state index in [1.807, 2.05) is 19.1 Å². The largest absolute Gasteiger partial charge is 0.371 e. The van der Waals surface area contributed by atoms with Crippen molar-refractivity contribution in [3.05, 3.63) is 81.0 Å². The van der Waals surface area contributed by atoms with Crippen LogP contribution < -0.4 is 5.32 Å². The Bertz CT molecular complexity index is 1050. The number of nitrogens with one attached hydrogen (secondary N) is 1. The Hall–Kier alpha value is -3.75. The van der Waals surface area contributed by atoms with Crippen molar-refractivity contribution in [2.45, 2.75) is 33.4 Å². The van der Waals surface area contributed by atoms with Crippen LogP contribution in [0.15, 0.2) is 47.1 Å². The Morgan fingerprint density at radius 3 is 2.67 bits per heavy atom. The van der Waals surface area contributed by atoms with E-state index in [1.165, 1.54) is 11.0 Å². The van der Waals surface area contributed by atoms with Crippen molar-refractivity contribution >= 4 is 17.3 Å². The molecule has 2 heterocycles. The number of hydrogen-bond donors (Lipinski definition) is 1. The van der Waals surface area contributed by atoms with Crippen LogP contribution in [0.4, 0.5) is 11.4 Å². The second-order valence-electron chi connectivity index (χ2n) is 7.07. The van der Waals surface area contributed by atoms with Gasteiger partial charge in [0.2, 0.25) is 0 Å². The van der Waals surface area contributed by atoms with Gasteiger partial charge in [0.1, 0.15) is 11.4 Å². The number of carbonyl (C=O) groups excluding carboxylic acids is 1. The zero-order valence-corrected chi connectivity index (χ0v) is 17.2. The number of nitro benzene ring substituents is 1. The molecule has 0 radical (unpaired) electrons. The highest BCUT2D eigenvalue weighted by molar-refractivity contribution is 5.95. The quantitative estimate of drug-likeness (QED) is 0.462. The summed E-state index contributed by atoms with van der Waals surface area (Å²) in [6.07, 6.45) is 1.67. The number of carbonyl (C=O) groups is 1. The van der Waals surface area contributed by atoms with Gasteiger partial charge in [-0.2, -0.15) is 0 Å². The maximum absolute atomic E-state index is 12.8. The van der Waals surface area contributed by atoms with Crippen LogP contribution in [-0.4, -0.2) is 32.9 Å². The van der Waals surface area contributed by atoms with Crippen molar-refractivity contribution < 1.29 is 14.2 Å². The number of amides is 1. The first-order chi connectivity index (χ1) is 14.3. The third-order valence-electron chi connectivity index (χ3n) is 4.87. The minimum Gasteiger partial charge on any atom is -0.371 e. The van der Waals surface area contributed by atoms with Crippen LogP contribution in [0.2, 0.25) is 0 Å². The van der Waals surface area contributed by atoms with E-state index < -0.39 is 4.92 Å². The zero-order valence-electron chi connectivity index (χ0n) is 17.2. The molecule has 0 spiro atoms. The van der Waals surface area contributed by atoms with E-state index in [4.69, 9.17) is 4.52 Å². The Morgan fingerprint density at radius 1 is 1.30 bits per heavy atom. The van der Waals surface area contributed by atoms with E-state index in [1.54, 1.807) is 45.3 Å². The van der Waals surface area contributed by atoms with Crippen molar-refractivity contribution in [2.24, 2.45) is 0 Å². The smallest absolute Gasteiger partial charge is 0.293 e. The summed E-state index contributed by atoms with van der Waals surface area (Å²) in [6.45, 7) is 5.74. The first-order valence-electron chi connectivity index (χ1n) is 9.41. The fourth-order valence-electron chi connectivity index (χ4n) is 3.13. The van der Waals surface area contributed by atoms with Gasteiger partial charge in [-0.25, -0.2) is 0 Å². The molecule has 3 rings (SSSR count). The number of nitrogens with zero attached hydrogens (tertiary/aromatic N) is 4. The SMILES string of the molecule is Cc1noc(C)c1CN(C)C(=O)c1ccc(NC(C)c2ccccn2)c([N+](=O)[O-])c1. The minimum atomic E-state index is -0.501. The van der Waals surface area contributed by atoms with Gasteiger partial charge in [0.05, 0.1) is 28.9 Å². The molecule has 156 valence electrons. The number of hydrogen-bond acceptors (Lipinski definition) is 7. The molecule has 0 saturated carbocycles. The summed E-state index contributed by atoms with van der Waals surface area (Å²) < 4.78 is 5.13. The van der Waals surface area contributed by atoms with Gasteiger partial charge in [-0.3, -0.25) is 19.9 Å². The molecule has 1 atom stereocenters. The van der Waals surface area contributed by atoms with Gasteiger partial charge in [-0.1, -0.05) is 11.2 Å². The standard InChI is InChI=1S/C21H23N5O4/c1-13-17(15(3)30-24-13)12-25(4)21(27)16-8-9-19(20(11-16)26(28)29)23-14(2)18-7-5-6-10-22-18/h5-11,14,23H,12H2,1-4H3. The number of aromatic nitrogens is 2. The molecule has 1 N–H and O–H groups in total. The monoisotopic (exact) mass is 409 g/mol. The first kappa shape index (κ1) is 21.0. The lowest BCUT2D eigenvalue weighted by molar-refractivity contribution is -0.384. The molecule has 1 unspecified atom stereocenters. The van der Waals surface area contributed by atoms with Gasteiger partial charge < -0.3 is 14.7 Å². The van der Waals surface area contributed by atoms with Gasteiger partial charge in [0, 0.05) is 30.4 Å². The van der Waals surface area contributed by atoms with Crippen LogP contribution in [0.3, 0.4) is 0 Å². The Morgan fingerprint density at radius 2 is 2.07 bits per heavy atom. The highest BCUT2D eigenvalue weighted by Gasteiger charge is 2.22. The number of anilines is 1. The van der Waals surface area contributed by atoms with Crippen LogP contribution in [-0.2, 0) is 6.54 Å². The second-order valence-corrected chi connectivity index (χ2v) is 7.07. The second kappa shape index (κ2) is 8.73. The van der Waals surface area contributed by atoms with Gasteiger partial charge in [0.15, 0.2) is 0 Å². The molecule has 1 aromatic carbocycles. The minimum absolute atomic E-state index is 0.172. The average molecular weight is 409 g/mol. The van der Waals surface area contributed by atoms with E-state index in [0.29, 0.717) is 23.7 Å².